The van der Waals surface area contributed by atoms with E-state index in [9.17, 15) is 13.2 Å². The molecule has 0 fully saturated rings. The lowest BCUT2D eigenvalue weighted by Crippen LogP contribution is -2.27. The van der Waals surface area contributed by atoms with E-state index in [0.717, 1.165) is 9.87 Å². The molecule has 1 amide bonds. The van der Waals surface area contributed by atoms with Crippen LogP contribution in [0.3, 0.4) is 0 Å². The molecule has 0 saturated heterocycles. The number of nitrogens with zero attached hydrogens (tertiary/aromatic N) is 4. The molecule has 1 heterocycles. The summed E-state index contributed by atoms with van der Waals surface area (Å²) < 4.78 is 36.2. The number of benzene rings is 2. The molecular weight excluding hydrogens is 408 g/mol. The molecule has 158 valence electrons. The third kappa shape index (κ3) is 4.50. The predicted molar refractivity (Wildman–Crippen MR) is 109 cm³/mol. The van der Waals surface area contributed by atoms with Crippen LogP contribution in [0.2, 0.25) is 0 Å². The van der Waals surface area contributed by atoms with E-state index in [1.54, 1.807) is 26.3 Å². The summed E-state index contributed by atoms with van der Waals surface area (Å²) in [5, 5.41) is 3.95. The number of rotatable bonds is 7. The van der Waals surface area contributed by atoms with Crippen LogP contribution in [0.15, 0.2) is 57.9 Å². The number of methoxy groups -OCH3 is 1. The summed E-state index contributed by atoms with van der Waals surface area (Å²) in [5.74, 6) is 0.926. The fraction of sp³-hybridized carbons (Fsp3) is 0.250. The molecule has 0 aliphatic carbocycles. The van der Waals surface area contributed by atoms with Gasteiger partial charge in [0.25, 0.3) is 5.91 Å². The molecule has 0 bridgehead atoms. The van der Waals surface area contributed by atoms with Gasteiger partial charge in [-0.1, -0.05) is 23.4 Å². The van der Waals surface area contributed by atoms with Crippen LogP contribution in [0.4, 0.5) is 0 Å². The smallest absolute Gasteiger partial charge is 0.254 e. The van der Waals surface area contributed by atoms with E-state index in [2.05, 4.69) is 10.1 Å². The van der Waals surface area contributed by atoms with Gasteiger partial charge in [0.05, 0.1) is 18.6 Å². The highest BCUT2D eigenvalue weighted by Crippen LogP contribution is 2.22. The van der Waals surface area contributed by atoms with E-state index in [4.69, 9.17) is 9.26 Å². The molecule has 1 aromatic heterocycles. The van der Waals surface area contributed by atoms with Crippen molar-refractivity contribution >= 4 is 15.9 Å². The largest absolute Gasteiger partial charge is 0.497 e. The van der Waals surface area contributed by atoms with Crippen molar-refractivity contribution in [3.63, 3.8) is 0 Å². The van der Waals surface area contributed by atoms with Crippen LogP contribution in [0.5, 0.6) is 5.75 Å². The summed E-state index contributed by atoms with van der Waals surface area (Å²) in [4.78, 5) is 18.5. The highest BCUT2D eigenvalue weighted by molar-refractivity contribution is 7.89. The number of ether oxygens (including phenoxy) is 1. The lowest BCUT2D eigenvalue weighted by atomic mass is 10.2. The Bertz CT molecular complexity index is 1160. The van der Waals surface area contributed by atoms with E-state index in [1.807, 2.05) is 18.2 Å². The van der Waals surface area contributed by atoms with E-state index >= 15 is 0 Å². The molecule has 0 unspecified atom stereocenters. The number of hydrogen-bond donors (Lipinski definition) is 0. The minimum atomic E-state index is -3.64. The van der Waals surface area contributed by atoms with E-state index in [-0.39, 0.29) is 28.8 Å². The Morgan fingerprint density at radius 3 is 2.53 bits per heavy atom. The second-order valence-corrected chi connectivity index (χ2v) is 8.87. The van der Waals surface area contributed by atoms with Crippen molar-refractivity contribution in [2.75, 3.05) is 28.3 Å². The lowest BCUT2D eigenvalue weighted by Gasteiger charge is -2.16. The molecule has 0 N–H and O–H groups in total. The van der Waals surface area contributed by atoms with Crippen molar-refractivity contribution in [1.82, 2.24) is 19.3 Å². The standard InChI is InChI=1S/C20H22N4O5S/c1-23(2)30(26,27)17-10-6-8-15(12-17)20(25)24(3)13-18-21-19(22-29-18)14-7-5-9-16(11-14)28-4/h5-12H,13H2,1-4H3. The number of hydrogen-bond acceptors (Lipinski definition) is 7. The van der Waals surface area contributed by atoms with Gasteiger partial charge in [-0.2, -0.15) is 4.98 Å². The number of carbonyl (C=O) groups excluding carboxylic acids is 1. The van der Waals surface area contributed by atoms with Crippen LogP contribution < -0.4 is 4.74 Å². The van der Waals surface area contributed by atoms with Crippen LogP contribution in [0.1, 0.15) is 16.2 Å². The van der Waals surface area contributed by atoms with Crippen LogP contribution in [-0.4, -0.2) is 61.9 Å². The van der Waals surface area contributed by atoms with Crippen molar-refractivity contribution < 1.29 is 22.5 Å². The van der Waals surface area contributed by atoms with Crippen molar-refractivity contribution in [2.24, 2.45) is 0 Å². The molecule has 9 nitrogen and oxygen atoms in total. The van der Waals surface area contributed by atoms with Gasteiger partial charge in [-0.15, -0.1) is 0 Å². The van der Waals surface area contributed by atoms with Crippen molar-refractivity contribution in [2.45, 2.75) is 11.4 Å². The number of amides is 1. The minimum absolute atomic E-state index is 0.0462. The molecule has 0 aliphatic heterocycles. The summed E-state index contributed by atoms with van der Waals surface area (Å²) in [7, 11) is 2.38. The normalized spacial score (nSPS) is 11.5. The molecule has 30 heavy (non-hydrogen) atoms. The first kappa shape index (κ1) is 21.5. The molecule has 0 saturated carbocycles. The second kappa shape index (κ2) is 8.64. The van der Waals surface area contributed by atoms with Gasteiger partial charge in [-0.25, -0.2) is 12.7 Å². The Morgan fingerprint density at radius 1 is 1.10 bits per heavy atom. The van der Waals surface area contributed by atoms with Gasteiger partial charge < -0.3 is 14.2 Å². The van der Waals surface area contributed by atoms with Crippen LogP contribution in [0, 0.1) is 0 Å². The lowest BCUT2D eigenvalue weighted by molar-refractivity contribution is 0.0769. The molecule has 0 spiro atoms. The molecule has 3 aromatic rings. The summed E-state index contributed by atoms with van der Waals surface area (Å²) in [5.41, 5.74) is 0.966. The fourth-order valence-electron chi connectivity index (χ4n) is 2.69. The molecule has 0 atom stereocenters. The van der Waals surface area contributed by atoms with Gasteiger partial charge in [0, 0.05) is 32.3 Å². The zero-order valence-electron chi connectivity index (χ0n) is 17.1. The molecule has 2 aromatic carbocycles. The van der Waals surface area contributed by atoms with Gasteiger partial charge in [-0.05, 0) is 30.3 Å². The summed E-state index contributed by atoms with van der Waals surface area (Å²) in [6, 6.07) is 13.1. The minimum Gasteiger partial charge on any atom is -0.497 e. The Kier molecular flexibility index (Phi) is 6.18. The van der Waals surface area contributed by atoms with E-state index < -0.39 is 10.0 Å². The van der Waals surface area contributed by atoms with Crippen LogP contribution in [0.25, 0.3) is 11.4 Å². The van der Waals surface area contributed by atoms with Crippen molar-refractivity contribution in [3.05, 3.63) is 60.0 Å². The highest BCUT2D eigenvalue weighted by atomic mass is 32.2. The predicted octanol–water partition coefficient (Wildman–Crippen LogP) is 2.27. The van der Waals surface area contributed by atoms with Gasteiger partial charge in [-0.3, -0.25) is 4.79 Å². The molecular formula is C20H22N4O5S. The Morgan fingerprint density at radius 2 is 1.83 bits per heavy atom. The Hall–Kier alpha value is -3.24. The zero-order valence-corrected chi connectivity index (χ0v) is 17.9. The summed E-state index contributed by atoms with van der Waals surface area (Å²) >= 11 is 0. The SMILES string of the molecule is COc1cccc(-c2noc(CN(C)C(=O)c3cccc(S(=O)(=O)N(C)C)c3)n2)c1. The van der Waals surface area contributed by atoms with Crippen LogP contribution >= 0.6 is 0 Å². The van der Waals surface area contributed by atoms with Crippen LogP contribution in [-0.2, 0) is 16.6 Å². The first-order valence-corrected chi connectivity index (χ1v) is 10.4. The molecule has 3 rings (SSSR count). The average molecular weight is 430 g/mol. The topological polar surface area (TPSA) is 106 Å². The second-order valence-electron chi connectivity index (χ2n) is 6.72. The monoisotopic (exact) mass is 430 g/mol. The highest BCUT2D eigenvalue weighted by Gasteiger charge is 2.21. The zero-order chi connectivity index (χ0) is 21.9. The third-order valence-corrected chi connectivity index (χ3v) is 6.19. The van der Waals surface area contributed by atoms with E-state index in [0.29, 0.717) is 11.6 Å². The number of carbonyl (C=O) groups is 1. The fourth-order valence-corrected chi connectivity index (χ4v) is 3.64. The van der Waals surface area contributed by atoms with Crippen molar-refractivity contribution in [3.8, 4) is 17.1 Å². The van der Waals surface area contributed by atoms with Crippen molar-refractivity contribution in [1.29, 1.82) is 0 Å². The number of sulfonamides is 1. The van der Waals surface area contributed by atoms with E-state index in [1.165, 1.54) is 37.2 Å². The van der Waals surface area contributed by atoms with Gasteiger partial charge in [0.1, 0.15) is 5.75 Å². The number of aromatic nitrogens is 2. The molecule has 0 aliphatic rings. The maximum atomic E-state index is 12.8. The molecule has 0 radical (unpaired) electrons. The Balaban J connectivity index is 1.76. The van der Waals surface area contributed by atoms with Gasteiger partial charge in [0.15, 0.2) is 0 Å². The van der Waals surface area contributed by atoms with Gasteiger partial charge in [0.2, 0.25) is 21.7 Å². The maximum absolute atomic E-state index is 12.8. The first-order valence-electron chi connectivity index (χ1n) is 8.97. The summed E-state index contributed by atoms with van der Waals surface area (Å²) in [6.07, 6.45) is 0. The van der Waals surface area contributed by atoms with Gasteiger partial charge >= 0.3 is 0 Å². The summed E-state index contributed by atoms with van der Waals surface area (Å²) in [6.45, 7) is 0.0699. The third-order valence-electron chi connectivity index (χ3n) is 4.37. The average Bonchev–Trinajstić information content (AvgIpc) is 3.21. The quantitative estimate of drug-likeness (QED) is 0.566. The first-order chi connectivity index (χ1) is 14.2. The molecule has 10 heteroatoms. The maximum Gasteiger partial charge on any atom is 0.254 e. The Labute approximate surface area is 174 Å².